The first-order valence-corrected chi connectivity index (χ1v) is 19.5. The molecule has 58 heavy (non-hydrogen) atoms. The number of hydrogen-bond acceptors (Lipinski definition) is 5. The first-order valence-electron chi connectivity index (χ1n) is 17.5. The molecular formula is C40H45F12MoN3O2. The van der Waals surface area contributed by atoms with Crippen LogP contribution in [0.25, 0.3) is 11.4 Å². The van der Waals surface area contributed by atoms with Gasteiger partial charge in [0.2, 0.25) is 0 Å². The topological polar surface area (TPSA) is 78.6 Å². The van der Waals surface area contributed by atoms with Crippen LogP contribution in [-0.4, -0.2) is 60.5 Å². The molecule has 2 aromatic heterocycles. The molecule has 2 heterocycles. The van der Waals surface area contributed by atoms with Gasteiger partial charge in [-0.15, -0.1) is 0 Å². The van der Waals surface area contributed by atoms with Crippen LogP contribution in [0.15, 0.2) is 101 Å². The second-order valence-electron chi connectivity index (χ2n) is 13.4. The molecule has 0 unspecified atom stereocenters. The normalized spacial score (nSPS) is 12.4. The number of alkyl halides is 12. The Labute approximate surface area is 337 Å². The summed E-state index contributed by atoms with van der Waals surface area (Å²) in [6.45, 7) is 8.41. The third-order valence-corrected chi connectivity index (χ3v) is 10.5. The van der Waals surface area contributed by atoms with Crippen molar-refractivity contribution in [3.8, 4) is 11.4 Å². The average Bonchev–Trinajstić information content (AvgIpc) is 3.13. The second kappa shape index (κ2) is 22.0. The van der Waals surface area contributed by atoms with Gasteiger partial charge in [-0.1, -0.05) is 12.1 Å². The van der Waals surface area contributed by atoms with E-state index in [-0.39, 0.29) is 19.3 Å². The van der Waals surface area contributed by atoms with Crippen LogP contribution in [0, 0.1) is 0 Å². The molecule has 2 N–H and O–H groups in total. The minimum atomic E-state index is -5.69. The van der Waals surface area contributed by atoms with Gasteiger partial charge in [-0.05, 0) is 38.1 Å². The van der Waals surface area contributed by atoms with E-state index in [0.29, 0.717) is 0 Å². The van der Waals surface area contributed by atoms with Crippen LogP contribution in [0.4, 0.5) is 58.4 Å². The summed E-state index contributed by atoms with van der Waals surface area (Å²) in [5.41, 5.74) is -1.79. The van der Waals surface area contributed by atoms with Gasteiger partial charge in [0.25, 0.3) is 11.2 Å². The van der Waals surface area contributed by atoms with Crippen molar-refractivity contribution in [3.05, 3.63) is 114 Å². The number of aromatic nitrogens is 2. The van der Waals surface area contributed by atoms with Gasteiger partial charge in [0.15, 0.2) is 0 Å². The molecule has 0 saturated heterocycles. The van der Waals surface area contributed by atoms with Gasteiger partial charge in [0.1, 0.15) is 0 Å². The fraction of sp³-hybridized carbons (Fsp3) is 0.425. The number of aliphatic hydroxyl groups is 2. The summed E-state index contributed by atoms with van der Waals surface area (Å²) in [6.07, 6.45) is -14.6. The molecule has 0 aliphatic carbocycles. The first-order chi connectivity index (χ1) is 26.5. The van der Waals surface area contributed by atoms with Crippen molar-refractivity contribution >= 4 is 10.1 Å². The van der Waals surface area contributed by atoms with Crippen LogP contribution in [0.3, 0.4) is 0 Å². The Balaban J connectivity index is 0.000000419. The van der Waals surface area contributed by atoms with Gasteiger partial charge < -0.3 is 10.2 Å². The zero-order valence-electron chi connectivity index (χ0n) is 32.3. The fourth-order valence-electron chi connectivity index (χ4n) is 4.20. The average molecular weight is 924 g/mol. The molecule has 4 aromatic rings. The van der Waals surface area contributed by atoms with E-state index in [4.69, 9.17) is 13.7 Å². The molecule has 0 amide bonds. The molecule has 2 aromatic carbocycles. The first kappa shape index (κ1) is 52.2. The Morgan fingerprint density at radius 3 is 1.19 bits per heavy atom. The zero-order valence-corrected chi connectivity index (χ0v) is 34.3. The molecule has 0 bridgehead atoms. The van der Waals surface area contributed by atoms with Crippen molar-refractivity contribution in [1.82, 2.24) is 9.97 Å². The largest absolute Gasteiger partial charge is 0.255 e. The van der Waals surface area contributed by atoms with E-state index in [1.807, 2.05) is 36.4 Å². The van der Waals surface area contributed by atoms with Crippen LogP contribution in [0.1, 0.15) is 71.1 Å². The summed E-state index contributed by atoms with van der Waals surface area (Å²) < 4.78 is 144. The van der Waals surface area contributed by atoms with Crippen LogP contribution in [0.2, 0.25) is 0 Å². The Bertz CT molecular complexity index is 1730. The van der Waals surface area contributed by atoms with Crippen molar-refractivity contribution in [2.75, 3.05) is 0 Å². The quantitative estimate of drug-likeness (QED) is 0.136. The van der Waals surface area contributed by atoms with Crippen LogP contribution in [0.5, 0.6) is 0 Å². The number of pyridine rings is 2. The van der Waals surface area contributed by atoms with Gasteiger partial charge in [-0.3, -0.25) is 9.97 Å². The SMILES string of the molecule is CC(O)(C(F)(F)F)C(F)(F)F.CC(O)(C(F)(F)F)C(F)(F)F.CCCc1cccc(CCC)c1[N]=[Mo]=[CH]C(C)(C)c1ccccc1.c1ccc(-c2ccccn2)nc1. The van der Waals surface area contributed by atoms with Gasteiger partial charge >= 0.3 is 180 Å². The summed E-state index contributed by atoms with van der Waals surface area (Å²) in [5.74, 6) is 0. The van der Waals surface area contributed by atoms with Gasteiger partial charge in [0.05, 0.1) is 11.4 Å². The third-order valence-electron chi connectivity index (χ3n) is 8.05. The number of nitrogens with zero attached hydrogens (tertiary/aromatic N) is 3. The van der Waals surface area contributed by atoms with Gasteiger partial charge in [0, 0.05) is 12.4 Å². The van der Waals surface area contributed by atoms with Gasteiger partial charge in [-0.2, -0.15) is 52.7 Å². The number of hydrogen-bond donors (Lipinski definition) is 2. The van der Waals surface area contributed by atoms with E-state index in [1.165, 1.54) is 35.2 Å². The Hall–Kier alpha value is -3.82. The molecule has 0 radical (unpaired) electrons. The van der Waals surface area contributed by atoms with E-state index < -0.39 is 53.8 Å². The van der Waals surface area contributed by atoms with Crippen molar-refractivity contribution < 1.29 is 80.8 Å². The van der Waals surface area contributed by atoms with E-state index in [2.05, 4.69) is 90.6 Å². The fourth-order valence-corrected chi connectivity index (χ4v) is 6.15. The second-order valence-corrected chi connectivity index (χ2v) is 14.9. The molecule has 0 saturated carbocycles. The third kappa shape index (κ3) is 15.7. The maximum atomic E-state index is 11.4. The minimum absolute atomic E-state index is 0.0949. The maximum absolute atomic E-state index is 11.4. The van der Waals surface area contributed by atoms with Crippen molar-refractivity contribution in [2.24, 2.45) is 3.50 Å². The smallest absolute Gasteiger partial charge is 0.0886 e. The number of rotatable bonds is 8. The van der Waals surface area contributed by atoms with E-state index in [1.54, 1.807) is 12.4 Å². The summed E-state index contributed by atoms with van der Waals surface area (Å²) in [6, 6.07) is 29.1. The predicted molar refractivity (Wildman–Crippen MR) is 195 cm³/mol. The molecule has 0 spiro atoms. The van der Waals surface area contributed by atoms with Crippen molar-refractivity contribution in [3.63, 3.8) is 0 Å². The molecule has 4 rings (SSSR count). The molecule has 18 heteroatoms. The molecular weight excluding hydrogens is 878 g/mol. The summed E-state index contributed by atoms with van der Waals surface area (Å²) in [5, 5.41) is 15.9. The Morgan fingerprint density at radius 2 is 0.897 bits per heavy atom. The number of halogens is 12. The van der Waals surface area contributed by atoms with E-state index in [9.17, 15) is 52.7 Å². The van der Waals surface area contributed by atoms with Crippen LogP contribution in [-0.2, 0) is 36.2 Å². The molecule has 0 aliphatic rings. The maximum Gasteiger partial charge on any atom is 0.0886 e. The molecule has 0 aliphatic heterocycles. The van der Waals surface area contributed by atoms with Crippen LogP contribution < -0.4 is 0 Å². The Morgan fingerprint density at radius 1 is 0.534 bits per heavy atom. The van der Waals surface area contributed by atoms with Gasteiger partial charge in [-0.25, -0.2) is 0 Å². The van der Waals surface area contributed by atoms with Crippen LogP contribution >= 0.6 is 0 Å². The monoisotopic (exact) mass is 925 g/mol. The summed E-state index contributed by atoms with van der Waals surface area (Å²) in [4.78, 5) is 8.37. The zero-order chi connectivity index (χ0) is 44.6. The standard InChI is InChI=1S/C12H17N.C10H8N2.C10H12.2C4H4F6O.Mo/c1-3-6-10-8-5-9-11(7-4-2)12(10)13;1-3-7-11-9(5-1)10-6-2-4-8-12-10;1-10(2,3)9-7-5-4-6-8-9;2*1-2(11,3(5,6)7)4(8,9)10;/h5,8-9H,3-4,6-7H2,1-2H3;1-8H;1,4-8H,2-3H3;2*11H,1H3;. The molecule has 5 nitrogen and oxygen atoms in total. The van der Waals surface area contributed by atoms with E-state index in [0.717, 1.165) is 24.2 Å². The summed E-state index contributed by atoms with van der Waals surface area (Å²) in [7, 11) is 0. The Kier molecular flexibility index (Phi) is 19.8. The molecule has 322 valence electrons. The van der Waals surface area contributed by atoms with Crippen molar-refractivity contribution in [1.29, 1.82) is 0 Å². The van der Waals surface area contributed by atoms with Crippen molar-refractivity contribution in [2.45, 2.75) is 109 Å². The number of aryl methyl sites for hydroxylation is 2. The number of benzene rings is 2. The predicted octanol–water partition coefficient (Wildman–Crippen LogP) is 12.1. The molecule has 0 atom stereocenters. The minimum Gasteiger partial charge on any atom is -0.255 e. The van der Waals surface area contributed by atoms with E-state index >= 15 is 0 Å². The molecule has 0 fully saturated rings. The summed E-state index contributed by atoms with van der Waals surface area (Å²) >= 11 is -0.524.